The van der Waals surface area contributed by atoms with Crippen LogP contribution in [0.2, 0.25) is 0 Å². The number of phosphoric ester groups is 2. The minimum Gasteiger partial charge on any atom is -0.462 e. The van der Waals surface area contributed by atoms with Crippen LogP contribution in [0.4, 0.5) is 0 Å². The van der Waals surface area contributed by atoms with E-state index < -0.39 is 97.5 Å². The van der Waals surface area contributed by atoms with Crippen molar-refractivity contribution in [1.29, 1.82) is 0 Å². The molecule has 0 fully saturated rings. The van der Waals surface area contributed by atoms with Crippen LogP contribution < -0.4 is 0 Å². The summed E-state index contributed by atoms with van der Waals surface area (Å²) in [7, 11) is -9.92. The number of esters is 4. The maximum atomic E-state index is 13.1. The molecule has 0 aliphatic rings. The quantitative estimate of drug-likeness (QED) is 0.0222. The Morgan fingerprint density at radius 3 is 0.639 bits per heavy atom. The molecule has 0 heterocycles. The number of aliphatic hydroxyl groups excluding tert-OH is 1. The minimum absolute atomic E-state index is 0.105. The molecule has 0 aromatic rings. The van der Waals surface area contributed by atoms with Gasteiger partial charge in [-0.3, -0.25) is 37.3 Å². The Hall–Kier alpha value is -1.94. The molecule has 0 aliphatic carbocycles. The summed E-state index contributed by atoms with van der Waals surface area (Å²) < 4.78 is 68.6. The van der Waals surface area contributed by atoms with E-state index in [1.807, 2.05) is 0 Å². The van der Waals surface area contributed by atoms with Crippen molar-refractivity contribution in [3.05, 3.63) is 0 Å². The number of phosphoric acid groups is 2. The molecular weight excluding hydrogens is 1270 g/mol. The zero-order chi connectivity index (χ0) is 71.7. The fourth-order valence-electron chi connectivity index (χ4n) is 11.9. The topological polar surface area (TPSA) is 237 Å². The lowest BCUT2D eigenvalue weighted by molar-refractivity contribution is -0.161. The standard InChI is InChI=1S/C78H152O17P2/c1-68(2)54-46-38-30-22-14-11-9-10-12-16-28-36-44-52-60-77(82)94-73(64-88-75(80)58-50-42-34-26-17-13-15-23-31-39-47-55-69(3)4)66-92-96(84,85)90-62-72(79)63-91-97(86,87)93-67-74(95-78(83)61-53-45-37-29-21-19-25-33-41-49-57-71(7)8)65-89-76(81)59-51-43-35-27-20-18-24-32-40-48-56-70(5)6/h68-74,79H,9-67H2,1-8H3,(H,84,85)(H,86,87)/t72-,73-,74-/m1/s1. The number of aliphatic hydroxyl groups is 1. The van der Waals surface area contributed by atoms with Crippen LogP contribution in [0.1, 0.15) is 396 Å². The van der Waals surface area contributed by atoms with Gasteiger partial charge in [0, 0.05) is 25.7 Å². The molecule has 19 heteroatoms. The molecule has 0 amide bonds. The fourth-order valence-corrected chi connectivity index (χ4v) is 13.5. The smallest absolute Gasteiger partial charge is 0.462 e. The summed E-state index contributed by atoms with van der Waals surface area (Å²) in [6.07, 6.45) is 52.6. The normalized spacial score (nSPS) is 14.1. The molecule has 0 radical (unpaired) electrons. The minimum atomic E-state index is -4.96. The molecule has 0 rings (SSSR count). The average Bonchev–Trinajstić information content (AvgIpc) is 1.06. The van der Waals surface area contributed by atoms with Crippen molar-refractivity contribution in [2.45, 2.75) is 414 Å². The number of carbonyl (C=O) groups excluding carboxylic acids is 4. The number of rotatable bonds is 75. The van der Waals surface area contributed by atoms with Gasteiger partial charge >= 0.3 is 39.5 Å². The van der Waals surface area contributed by atoms with Crippen LogP contribution >= 0.6 is 15.6 Å². The number of carbonyl (C=O) groups is 4. The molecule has 0 saturated heterocycles. The summed E-state index contributed by atoms with van der Waals surface area (Å²) in [5.41, 5.74) is 0. The van der Waals surface area contributed by atoms with Gasteiger partial charge in [0.1, 0.15) is 19.3 Å². The fraction of sp³-hybridized carbons (Fsp3) is 0.949. The Morgan fingerprint density at radius 2 is 0.433 bits per heavy atom. The first-order chi connectivity index (χ1) is 46.6. The van der Waals surface area contributed by atoms with Gasteiger partial charge in [0.15, 0.2) is 12.2 Å². The second kappa shape index (κ2) is 67.2. The molecule has 17 nitrogen and oxygen atoms in total. The van der Waals surface area contributed by atoms with Crippen LogP contribution in [0.5, 0.6) is 0 Å². The van der Waals surface area contributed by atoms with E-state index in [-0.39, 0.29) is 25.7 Å². The van der Waals surface area contributed by atoms with Crippen LogP contribution in [-0.4, -0.2) is 96.7 Å². The summed E-state index contributed by atoms with van der Waals surface area (Å²) >= 11 is 0. The summed E-state index contributed by atoms with van der Waals surface area (Å²) in [6.45, 7) is 14.2. The number of hydrogen-bond acceptors (Lipinski definition) is 15. The van der Waals surface area contributed by atoms with Gasteiger partial charge in [-0.2, -0.15) is 0 Å². The van der Waals surface area contributed by atoms with E-state index in [0.717, 1.165) is 114 Å². The summed E-state index contributed by atoms with van der Waals surface area (Å²) in [6, 6.07) is 0. The molecule has 0 aliphatic heterocycles. The van der Waals surface area contributed by atoms with Crippen LogP contribution in [0.25, 0.3) is 0 Å². The summed E-state index contributed by atoms with van der Waals surface area (Å²) in [5, 5.41) is 10.6. The first kappa shape index (κ1) is 95.1. The van der Waals surface area contributed by atoms with Gasteiger partial charge in [0.25, 0.3) is 0 Å². The lowest BCUT2D eigenvalue weighted by Gasteiger charge is -2.21. The van der Waals surface area contributed by atoms with Crippen molar-refractivity contribution < 1.29 is 80.2 Å². The van der Waals surface area contributed by atoms with Crippen LogP contribution in [-0.2, 0) is 65.4 Å². The van der Waals surface area contributed by atoms with Crippen molar-refractivity contribution in [2.24, 2.45) is 23.7 Å². The highest BCUT2D eigenvalue weighted by Crippen LogP contribution is 2.45. The van der Waals surface area contributed by atoms with Crippen molar-refractivity contribution in [3.8, 4) is 0 Å². The number of hydrogen-bond donors (Lipinski definition) is 3. The van der Waals surface area contributed by atoms with Crippen molar-refractivity contribution in [3.63, 3.8) is 0 Å². The molecule has 576 valence electrons. The largest absolute Gasteiger partial charge is 0.472 e. The molecule has 0 aromatic heterocycles. The van der Waals surface area contributed by atoms with Gasteiger partial charge < -0.3 is 33.8 Å². The average molecular weight is 1420 g/mol. The third kappa shape index (κ3) is 72.2. The van der Waals surface area contributed by atoms with Gasteiger partial charge in [-0.25, -0.2) is 9.13 Å². The van der Waals surface area contributed by atoms with Gasteiger partial charge in [-0.05, 0) is 49.4 Å². The first-order valence-corrected chi connectivity index (χ1v) is 43.2. The van der Waals surface area contributed by atoms with Gasteiger partial charge in [0.05, 0.1) is 26.4 Å². The Morgan fingerprint density at radius 1 is 0.258 bits per heavy atom. The molecule has 5 atom stereocenters. The van der Waals surface area contributed by atoms with E-state index in [2.05, 4.69) is 55.4 Å². The molecule has 0 saturated carbocycles. The Kier molecular flexibility index (Phi) is 65.9. The highest BCUT2D eigenvalue weighted by atomic mass is 31.2. The van der Waals surface area contributed by atoms with Gasteiger partial charge in [-0.1, -0.05) is 344 Å². The summed E-state index contributed by atoms with van der Waals surface area (Å²) in [5.74, 6) is 0.960. The number of unbranched alkanes of at least 4 members (excludes halogenated alkanes) is 41. The zero-order valence-corrected chi connectivity index (χ0v) is 65.5. The Bertz CT molecular complexity index is 1900. The maximum Gasteiger partial charge on any atom is 0.472 e. The third-order valence-electron chi connectivity index (χ3n) is 18.1. The highest BCUT2D eigenvalue weighted by molar-refractivity contribution is 7.47. The molecule has 0 spiro atoms. The highest BCUT2D eigenvalue weighted by Gasteiger charge is 2.30. The first-order valence-electron chi connectivity index (χ1n) is 40.2. The maximum absolute atomic E-state index is 13.1. The van der Waals surface area contributed by atoms with E-state index in [1.54, 1.807) is 0 Å². The number of ether oxygens (including phenoxy) is 4. The second-order valence-electron chi connectivity index (χ2n) is 30.0. The molecule has 0 bridgehead atoms. The predicted molar refractivity (Wildman–Crippen MR) is 395 cm³/mol. The Labute approximate surface area is 594 Å². The monoisotopic (exact) mass is 1420 g/mol. The molecular formula is C78H152O17P2. The Balaban J connectivity index is 5.27. The van der Waals surface area contributed by atoms with Crippen LogP contribution in [0.15, 0.2) is 0 Å². The lowest BCUT2D eigenvalue weighted by Crippen LogP contribution is -2.30. The zero-order valence-electron chi connectivity index (χ0n) is 63.7. The van der Waals surface area contributed by atoms with E-state index in [0.29, 0.717) is 25.7 Å². The van der Waals surface area contributed by atoms with Gasteiger partial charge in [-0.15, -0.1) is 0 Å². The van der Waals surface area contributed by atoms with Gasteiger partial charge in [0.2, 0.25) is 0 Å². The van der Waals surface area contributed by atoms with E-state index in [9.17, 15) is 43.2 Å². The molecule has 97 heavy (non-hydrogen) atoms. The SMILES string of the molecule is CC(C)CCCCCCCCCCCCCCCCC(=O)O[C@H](COC(=O)CCCCCCCCCCCCCC(C)C)COP(=O)(O)OC[C@@H](O)COP(=O)(O)OC[C@@H](COC(=O)CCCCCCCCCCCCC(C)C)OC(=O)CCCCCCCCCCCCC(C)C. The molecule has 2 unspecified atom stereocenters. The van der Waals surface area contributed by atoms with Crippen molar-refractivity contribution >= 4 is 39.5 Å². The van der Waals surface area contributed by atoms with Crippen molar-refractivity contribution in [1.82, 2.24) is 0 Å². The second-order valence-corrected chi connectivity index (χ2v) is 32.9. The molecule has 0 aromatic carbocycles. The van der Waals surface area contributed by atoms with E-state index in [4.69, 9.17) is 37.0 Å². The lowest BCUT2D eigenvalue weighted by atomic mass is 10.0. The van der Waals surface area contributed by atoms with Crippen LogP contribution in [0, 0.1) is 23.7 Å². The predicted octanol–water partition coefficient (Wildman–Crippen LogP) is 22.8. The summed E-state index contributed by atoms with van der Waals surface area (Å²) in [4.78, 5) is 72.9. The van der Waals surface area contributed by atoms with Crippen molar-refractivity contribution in [2.75, 3.05) is 39.6 Å². The molecule has 3 N–H and O–H groups in total. The van der Waals surface area contributed by atoms with Crippen LogP contribution in [0.3, 0.4) is 0 Å². The third-order valence-corrected chi connectivity index (χ3v) is 20.0. The van der Waals surface area contributed by atoms with E-state index in [1.165, 1.54) is 199 Å². The van der Waals surface area contributed by atoms with E-state index >= 15 is 0 Å².